The standard InChI is InChI=1S/C21H25N3O4S/c1-23(2)29(27,28)24-14-8-11-17(15-24)21(26)22-19-13-7-6-12-18(19)20(25)16-9-4-3-5-10-16/h3-7,9-10,12-13,17H,8,11,14-15H2,1-2H3,(H,22,26)/t17-/m1/s1. The van der Waals surface area contributed by atoms with Crippen LogP contribution in [0.2, 0.25) is 0 Å². The molecule has 0 bridgehead atoms. The number of rotatable bonds is 6. The topological polar surface area (TPSA) is 86.8 Å². The molecule has 1 atom stereocenters. The number of carbonyl (C=O) groups excluding carboxylic acids is 2. The van der Waals surface area contributed by atoms with Crippen LogP contribution in [0.3, 0.4) is 0 Å². The van der Waals surface area contributed by atoms with Crippen molar-refractivity contribution >= 4 is 27.6 Å². The van der Waals surface area contributed by atoms with Crippen molar-refractivity contribution in [3.63, 3.8) is 0 Å². The van der Waals surface area contributed by atoms with Crippen LogP contribution in [0.15, 0.2) is 54.6 Å². The van der Waals surface area contributed by atoms with E-state index in [1.165, 1.54) is 18.4 Å². The fourth-order valence-corrected chi connectivity index (χ4v) is 4.56. The largest absolute Gasteiger partial charge is 0.325 e. The van der Waals surface area contributed by atoms with E-state index in [9.17, 15) is 18.0 Å². The van der Waals surface area contributed by atoms with E-state index in [2.05, 4.69) is 5.32 Å². The third-order valence-electron chi connectivity index (χ3n) is 5.01. The predicted octanol–water partition coefficient (Wildman–Crippen LogP) is 2.37. The number of nitrogens with one attached hydrogen (secondary N) is 1. The van der Waals surface area contributed by atoms with E-state index in [-0.39, 0.29) is 18.2 Å². The van der Waals surface area contributed by atoms with Gasteiger partial charge >= 0.3 is 0 Å². The SMILES string of the molecule is CN(C)S(=O)(=O)N1CCC[C@@H](C(=O)Nc2ccccc2C(=O)c2ccccc2)C1. The number of piperidine rings is 1. The predicted molar refractivity (Wildman–Crippen MR) is 112 cm³/mol. The van der Waals surface area contributed by atoms with E-state index in [0.717, 1.165) is 4.31 Å². The first-order valence-electron chi connectivity index (χ1n) is 9.48. The molecule has 0 aromatic heterocycles. The molecular weight excluding hydrogens is 390 g/mol. The average molecular weight is 416 g/mol. The summed E-state index contributed by atoms with van der Waals surface area (Å²) in [6, 6.07) is 15.7. The monoisotopic (exact) mass is 415 g/mol. The Labute approximate surface area is 171 Å². The maximum Gasteiger partial charge on any atom is 0.281 e. The second-order valence-electron chi connectivity index (χ2n) is 7.22. The van der Waals surface area contributed by atoms with Crippen LogP contribution < -0.4 is 5.32 Å². The maximum absolute atomic E-state index is 12.9. The van der Waals surface area contributed by atoms with Gasteiger partial charge in [-0.2, -0.15) is 17.0 Å². The molecule has 1 amide bonds. The van der Waals surface area contributed by atoms with Gasteiger partial charge in [0, 0.05) is 38.3 Å². The van der Waals surface area contributed by atoms with Crippen LogP contribution in [-0.4, -0.2) is 55.9 Å². The summed E-state index contributed by atoms with van der Waals surface area (Å²) < 4.78 is 27.3. The van der Waals surface area contributed by atoms with Gasteiger partial charge in [0.2, 0.25) is 5.91 Å². The zero-order chi connectivity index (χ0) is 21.0. The fourth-order valence-electron chi connectivity index (χ4n) is 3.37. The van der Waals surface area contributed by atoms with Crippen LogP contribution >= 0.6 is 0 Å². The summed E-state index contributed by atoms with van der Waals surface area (Å²) >= 11 is 0. The van der Waals surface area contributed by atoms with Gasteiger partial charge in [-0.3, -0.25) is 9.59 Å². The van der Waals surface area contributed by atoms with Crippen LogP contribution in [0.4, 0.5) is 5.69 Å². The molecule has 7 nitrogen and oxygen atoms in total. The second kappa shape index (κ2) is 8.86. The minimum Gasteiger partial charge on any atom is -0.325 e. The van der Waals surface area contributed by atoms with E-state index < -0.39 is 16.1 Å². The molecule has 0 unspecified atom stereocenters. The van der Waals surface area contributed by atoms with Gasteiger partial charge in [0.05, 0.1) is 11.6 Å². The number of hydrogen-bond acceptors (Lipinski definition) is 4. The fraction of sp³-hybridized carbons (Fsp3) is 0.333. The Balaban J connectivity index is 1.77. The van der Waals surface area contributed by atoms with Gasteiger partial charge in [-0.05, 0) is 25.0 Å². The molecule has 3 rings (SSSR count). The molecule has 0 saturated carbocycles. The van der Waals surface area contributed by atoms with Gasteiger partial charge in [-0.15, -0.1) is 0 Å². The number of ketones is 1. The number of para-hydroxylation sites is 1. The van der Waals surface area contributed by atoms with Crippen molar-refractivity contribution in [2.45, 2.75) is 12.8 Å². The van der Waals surface area contributed by atoms with E-state index in [1.54, 1.807) is 48.5 Å². The average Bonchev–Trinajstić information content (AvgIpc) is 2.74. The first-order chi connectivity index (χ1) is 13.8. The highest BCUT2D eigenvalue weighted by Gasteiger charge is 2.33. The number of anilines is 1. The molecule has 0 spiro atoms. The zero-order valence-corrected chi connectivity index (χ0v) is 17.4. The van der Waals surface area contributed by atoms with Crippen LogP contribution in [0.25, 0.3) is 0 Å². The summed E-state index contributed by atoms with van der Waals surface area (Å²) in [5.41, 5.74) is 1.37. The van der Waals surface area contributed by atoms with Gasteiger partial charge < -0.3 is 5.32 Å². The molecule has 1 saturated heterocycles. The van der Waals surface area contributed by atoms with Gasteiger partial charge in [0.15, 0.2) is 5.78 Å². The zero-order valence-electron chi connectivity index (χ0n) is 16.5. The molecule has 1 N–H and O–H groups in total. The summed E-state index contributed by atoms with van der Waals surface area (Å²) in [5, 5.41) is 2.84. The third-order valence-corrected chi connectivity index (χ3v) is 6.92. The Bertz CT molecular complexity index is 990. The lowest BCUT2D eigenvalue weighted by atomic mass is 9.97. The van der Waals surface area contributed by atoms with Crippen molar-refractivity contribution in [1.82, 2.24) is 8.61 Å². The Morgan fingerprint density at radius 1 is 1.03 bits per heavy atom. The lowest BCUT2D eigenvalue weighted by Crippen LogP contribution is -2.47. The van der Waals surface area contributed by atoms with Crippen molar-refractivity contribution in [2.24, 2.45) is 5.92 Å². The highest BCUT2D eigenvalue weighted by Crippen LogP contribution is 2.24. The number of carbonyl (C=O) groups is 2. The maximum atomic E-state index is 12.9. The molecule has 154 valence electrons. The first-order valence-corrected chi connectivity index (χ1v) is 10.9. The van der Waals surface area contributed by atoms with E-state index in [4.69, 9.17) is 0 Å². The van der Waals surface area contributed by atoms with Crippen molar-refractivity contribution < 1.29 is 18.0 Å². The van der Waals surface area contributed by atoms with E-state index in [0.29, 0.717) is 36.2 Å². The Hall–Kier alpha value is -2.55. The van der Waals surface area contributed by atoms with Crippen molar-refractivity contribution in [3.8, 4) is 0 Å². The van der Waals surface area contributed by atoms with Gasteiger partial charge in [0.25, 0.3) is 10.2 Å². The second-order valence-corrected chi connectivity index (χ2v) is 9.36. The van der Waals surface area contributed by atoms with Crippen LogP contribution in [-0.2, 0) is 15.0 Å². The van der Waals surface area contributed by atoms with Crippen LogP contribution in [0, 0.1) is 5.92 Å². The molecule has 1 fully saturated rings. The highest BCUT2D eigenvalue weighted by molar-refractivity contribution is 7.86. The van der Waals surface area contributed by atoms with E-state index in [1.807, 2.05) is 6.07 Å². The molecule has 0 aliphatic carbocycles. The molecule has 29 heavy (non-hydrogen) atoms. The Kier molecular flexibility index (Phi) is 6.46. The number of benzene rings is 2. The summed E-state index contributed by atoms with van der Waals surface area (Å²) in [7, 11) is -0.611. The molecule has 1 aliphatic heterocycles. The van der Waals surface area contributed by atoms with Gasteiger partial charge in [-0.1, -0.05) is 42.5 Å². The van der Waals surface area contributed by atoms with Gasteiger partial charge in [0.1, 0.15) is 0 Å². The number of amides is 1. The quantitative estimate of drug-likeness (QED) is 0.734. The number of hydrogen-bond donors (Lipinski definition) is 1. The molecule has 2 aromatic rings. The summed E-state index contributed by atoms with van der Waals surface area (Å²) in [5.74, 6) is -0.933. The molecule has 0 radical (unpaired) electrons. The lowest BCUT2D eigenvalue weighted by molar-refractivity contribution is -0.120. The normalized spacial score (nSPS) is 17.8. The minimum absolute atomic E-state index is 0.126. The van der Waals surface area contributed by atoms with Crippen molar-refractivity contribution in [2.75, 3.05) is 32.5 Å². The third kappa shape index (κ3) is 4.72. The smallest absolute Gasteiger partial charge is 0.281 e. The van der Waals surface area contributed by atoms with Gasteiger partial charge in [-0.25, -0.2) is 0 Å². The molecule has 1 aliphatic rings. The summed E-state index contributed by atoms with van der Waals surface area (Å²) in [4.78, 5) is 25.7. The summed E-state index contributed by atoms with van der Waals surface area (Å²) in [6.07, 6.45) is 1.20. The lowest BCUT2D eigenvalue weighted by Gasteiger charge is -2.32. The highest BCUT2D eigenvalue weighted by atomic mass is 32.2. The Morgan fingerprint density at radius 3 is 2.38 bits per heavy atom. The Morgan fingerprint density at radius 2 is 1.69 bits per heavy atom. The minimum atomic E-state index is -3.56. The van der Waals surface area contributed by atoms with Crippen LogP contribution in [0.5, 0.6) is 0 Å². The van der Waals surface area contributed by atoms with E-state index >= 15 is 0 Å². The molecule has 2 aromatic carbocycles. The molecule has 8 heteroatoms. The summed E-state index contributed by atoms with van der Waals surface area (Å²) in [6.45, 7) is 0.522. The van der Waals surface area contributed by atoms with Crippen molar-refractivity contribution in [3.05, 3.63) is 65.7 Å². The van der Waals surface area contributed by atoms with Crippen molar-refractivity contribution in [1.29, 1.82) is 0 Å². The van der Waals surface area contributed by atoms with Crippen LogP contribution in [0.1, 0.15) is 28.8 Å². The first kappa shape index (κ1) is 21.2. The number of nitrogens with zero attached hydrogens (tertiary/aromatic N) is 2. The molecule has 1 heterocycles. The molecular formula is C21H25N3O4S.